The normalized spacial score (nSPS) is 20.1. The van der Waals surface area contributed by atoms with Gasteiger partial charge in [0.25, 0.3) is 0 Å². The third-order valence-electron chi connectivity index (χ3n) is 2.28. The second kappa shape index (κ2) is 4.19. The number of ether oxygens (including phenoxy) is 1. The predicted molar refractivity (Wildman–Crippen MR) is 60.6 cm³/mol. The Kier molecular flexibility index (Phi) is 3.12. The largest absolute Gasteiger partial charge is 0.488 e. The minimum atomic E-state index is -0.212. The van der Waals surface area contributed by atoms with Crippen LogP contribution in [0.2, 0.25) is 0 Å². The predicted octanol–water partition coefficient (Wildman–Crippen LogP) is 3.68. The van der Waals surface area contributed by atoms with E-state index in [2.05, 4.69) is 31.9 Å². The lowest BCUT2D eigenvalue weighted by Gasteiger charge is -2.25. The van der Waals surface area contributed by atoms with Crippen molar-refractivity contribution in [2.24, 2.45) is 0 Å². The maximum absolute atomic E-state index is 13.0. The van der Waals surface area contributed by atoms with E-state index in [4.69, 9.17) is 4.74 Å². The van der Waals surface area contributed by atoms with Crippen LogP contribution in [0.3, 0.4) is 0 Å². The fourth-order valence-corrected chi connectivity index (χ4v) is 2.60. The summed E-state index contributed by atoms with van der Waals surface area (Å²) in [4.78, 5) is 0. The molecule has 0 saturated heterocycles. The Morgan fingerprint density at radius 1 is 1.50 bits per heavy atom. The summed E-state index contributed by atoms with van der Waals surface area (Å²) in [6.45, 7) is 0. The van der Waals surface area contributed by atoms with Gasteiger partial charge in [-0.15, -0.1) is 0 Å². The van der Waals surface area contributed by atoms with Gasteiger partial charge in [0, 0.05) is 5.33 Å². The van der Waals surface area contributed by atoms with E-state index < -0.39 is 0 Å². The highest BCUT2D eigenvalue weighted by atomic mass is 79.9. The first-order valence-electron chi connectivity index (χ1n) is 4.41. The molecule has 4 heteroatoms. The molecule has 0 N–H and O–H groups in total. The molecule has 1 aromatic carbocycles. The van der Waals surface area contributed by atoms with Crippen molar-refractivity contribution in [3.8, 4) is 5.75 Å². The molecule has 0 aliphatic carbocycles. The fourth-order valence-electron chi connectivity index (χ4n) is 1.58. The SMILES string of the molecule is Fc1cc(Br)c2c(c1)CC[C@H](CBr)O2. The Bertz CT molecular complexity index is 354. The minimum absolute atomic E-state index is 0.198. The van der Waals surface area contributed by atoms with Gasteiger partial charge in [0.15, 0.2) is 0 Å². The zero-order chi connectivity index (χ0) is 10.1. The van der Waals surface area contributed by atoms with Crippen molar-refractivity contribution in [1.82, 2.24) is 0 Å². The molecule has 0 unspecified atom stereocenters. The summed E-state index contributed by atoms with van der Waals surface area (Å²) < 4.78 is 19.5. The first-order valence-corrected chi connectivity index (χ1v) is 6.32. The quantitative estimate of drug-likeness (QED) is 0.716. The van der Waals surface area contributed by atoms with Crippen molar-refractivity contribution in [3.05, 3.63) is 28.0 Å². The molecule has 0 fully saturated rings. The number of hydrogen-bond acceptors (Lipinski definition) is 1. The zero-order valence-corrected chi connectivity index (χ0v) is 10.6. The van der Waals surface area contributed by atoms with Crippen LogP contribution < -0.4 is 4.74 Å². The van der Waals surface area contributed by atoms with E-state index in [0.717, 1.165) is 29.5 Å². The molecule has 1 nitrogen and oxygen atoms in total. The number of alkyl halides is 1. The number of rotatable bonds is 1. The molecule has 1 heterocycles. The van der Waals surface area contributed by atoms with Crippen molar-refractivity contribution in [1.29, 1.82) is 0 Å². The molecular formula is C10H9Br2FO. The van der Waals surface area contributed by atoms with Gasteiger partial charge in [0.05, 0.1) is 4.47 Å². The summed E-state index contributed by atoms with van der Waals surface area (Å²) in [5.74, 6) is 0.582. The first-order chi connectivity index (χ1) is 6.70. The standard InChI is InChI=1S/C10H9Br2FO/c11-5-8-2-1-6-3-7(13)4-9(12)10(6)14-8/h3-4,8H,1-2,5H2/t8-/m1/s1. The van der Waals surface area contributed by atoms with E-state index in [-0.39, 0.29) is 11.9 Å². The highest BCUT2D eigenvalue weighted by Gasteiger charge is 2.21. The molecule has 0 saturated carbocycles. The molecule has 0 radical (unpaired) electrons. The molecule has 1 atom stereocenters. The number of halogens is 3. The average Bonchev–Trinajstić information content (AvgIpc) is 2.17. The number of benzene rings is 1. The summed E-state index contributed by atoms with van der Waals surface area (Å²) >= 11 is 6.70. The van der Waals surface area contributed by atoms with Crippen LogP contribution in [0.4, 0.5) is 4.39 Å². The third-order valence-corrected chi connectivity index (χ3v) is 3.59. The molecular weight excluding hydrogens is 315 g/mol. The van der Waals surface area contributed by atoms with E-state index in [0.29, 0.717) is 4.47 Å². The lowest BCUT2D eigenvalue weighted by Crippen LogP contribution is -2.24. The Hall–Kier alpha value is -0.0900. The summed E-state index contributed by atoms with van der Waals surface area (Å²) in [7, 11) is 0. The number of fused-ring (bicyclic) bond motifs is 1. The van der Waals surface area contributed by atoms with E-state index in [1.54, 1.807) is 6.07 Å². The van der Waals surface area contributed by atoms with Crippen LogP contribution in [0, 0.1) is 5.82 Å². The fraction of sp³-hybridized carbons (Fsp3) is 0.400. The molecule has 1 aliphatic heterocycles. The van der Waals surface area contributed by atoms with Crippen molar-refractivity contribution in [2.45, 2.75) is 18.9 Å². The monoisotopic (exact) mass is 322 g/mol. The highest BCUT2D eigenvalue weighted by molar-refractivity contribution is 9.10. The van der Waals surface area contributed by atoms with Crippen LogP contribution in [-0.2, 0) is 6.42 Å². The van der Waals surface area contributed by atoms with Gasteiger partial charge in [-0.3, -0.25) is 0 Å². The van der Waals surface area contributed by atoms with Crippen LogP contribution in [0.5, 0.6) is 5.75 Å². The Labute approximate surface area is 98.9 Å². The lowest BCUT2D eigenvalue weighted by molar-refractivity contribution is 0.196. The Morgan fingerprint density at radius 2 is 2.29 bits per heavy atom. The van der Waals surface area contributed by atoms with Crippen molar-refractivity contribution in [2.75, 3.05) is 5.33 Å². The number of aryl methyl sites for hydroxylation is 1. The molecule has 0 amide bonds. The van der Waals surface area contributed by atoms with Gasteiger partial charge in [0.2, 0.25) is 0 Å². The molecule has 1 aliphatic rings. The second-order valence-corrected chi connectivity index (χ2v) is 4.81. The van der Waals surface area contributed by atoms with E-state index in [1.165, 1.54) is 6.07 Å². The van der Waals surface area contributed by atoms with Gasteiger partial charge in [-0.2, -0.15) is 0 Å². The molecule has 76 valence electrons. The minimum Gasteiger partial charge on any atom is -0.488 e. The maximum Gasteiger partial charge on any atom is 0.137 e. The average molecular weight is 324 g/mol. The summed E-state index contributed by atoms with van der Waals surface area (Å²) in [5, 5.41) is 0.816. The number of hydrogen-bond donors (Lipinski definition) is 0. The van der Waals surface area contributed by atoms with Gasteiger partial charge in [0.1, 0.15) is 17.7 Å². The Morgan fingerprint density at radius 3 is 3.00 bits per heavy atom. The topological polar surface area (TPSA) is 9.23 Å². The highest BCUT2D eigenvalue weighted by Crippen LogP contribution is 2.35. The molecule has 0 spiro atoms. The van der Waals surface area contributed by atoms with Gasteiger partial charge in [-0.25, -0.2) is 4.39 Å². The molecule has 1 aromatic rings. The van der Waals surface area contributed by atoms with Crippen molar-refractivity contribution >= 4 is 31.9 Å². The molecule has 14 heavy (non-hydrogen) atoms. The zero-order valence-electron chi connectivity index (χ0n) is 7.40. The van der Waals surface area contributed by atoms with Gasteiger partial charge in [-0.05, 0) is 46.5 Å². The van der Waals surface area contributed by atoms with Gasteiger partial charge < -0.3 is 4.74 Å². The van der Waals surface area contributed by atoms with Crippen molar-refractivity contribution in [3.63, 3.8) is 0 Å². The van der Waals surface area contributed by atoms with Crippen LogP contribution in [0.15, 0.2) is 16.6 Å². The molecule has 0 bridgehead atoms. The van der Waals surface area contributed by atoms with Crippen LogP contribution in [-0.4, -0.2) is 11.4 Å². The summed E-state index contributed by atoms with van der Waals surface area (Å²) in [5.41, 5.74) is 0.953. The van der Waals surface area contributed by atoms with E-state index >= 15 is 0 Å². The van der Waals surface area contributed by atoms with E-state index in [9.17, 15) is 4.39 Å². The Balaban J connectivity index is 2.37. The van der Waals surface area contributed by atoms with Gasteiger partial charge >= 0.3 is 0 Å². The lowest BCUT2D eigenvalue weighted by atomic mass is 10.0. The summed E-state index contributed by atoms with van der Waals surface area (Å²) in [6, 6.07) is 2.99. The smallest absolute Gasteiger partial charge is 0.137 e. The third kappa shape index (κ3) is 1.96. The molecule has 2 rings (SSSR count). The van der Waals surface area contributed by atoms with E-state index in [1.807, 2.05) is 0 Å². The van der Waals surface area contributed by atoms with Crippen LogP contribution in [0.25, 0.3) is 0 Å². The van der Waals surface area contributed by atoms with Gasteiger partial charge in [-0.1, -0.05) is 15.9 Å². The van der Waals surface area contributed by atoms with Crippen molar-refractivity contribution < 1.29 is 9.13 Å². The van der Waals surface area contributed by atoms with Crippen LogP contribution >= 0.6 is 31.9 Å². The van der Waals surface area contributed by atoms with Crippen LogP contribution in [0.1, 0.15) is 12.0 Å². The first kappa shape index (κ1) is 10.4. The second-order valence-electron chi connectivity index (χ2n) is 3.31. The maximum atomic E-state index is 13.0. The summed E-state index contributed by atoms with van der Waals surface area (Å²) in [6.07, 6.45) is 2.01. The molecule has 0 aromatic heterocycles.